The average molecular weight is 406 g/mol. The topological polar surface area (TPSA) is 52.9 Å². The van der Waals surface area contributed by atoms with Gasteiger partial charge in [0.2, 0.25) is 0 Å². The number of morpholine rings is 1. The SMILES string of the molecule is COc1ccc(-n2c(-c3ccccc3)cc(C(=O)N3CCOCC3)c2C)c(OC)c1. The van der Waals surface area contributed by atoms with Crippen LogP contribution in [0.3, 0.4) is 0 Å². The molecule has 0 spiro atoms. The monoisotopic (exact) mass is 406 g/mol. The number of benzene rings is 2. The number of rotatable bonds is 5. The fourth-order valence-corrected chi connectivity index (χ4v) is 3.86. The molecule has 0 radical (unpaired) electrons. The van der Waals surface area contributed by atoms with Crippen LogP contribution in [0.25, 0.3) is 16.9 Å². The van der Waals surface area contributed by atoms with Gasteiger partial charge < -0.3 is 23.7 Å². The Labute approximate surface area is 176 Å². The van der Waals surface area contributed by atoms with E-state index in [-0.39, 0.29) is 5.91 Å². The zero-order valence-corrected chi connectivity index (χ0v) is 17.6. The Balaban J connectivity index is 1.89. The number of carbonyl (C=O) groups excluding carboxylic acids is 1. The zero-order chi connectivity index (χ0) is 21.1. The van der Waals surface area contributed by atoms with Crippen molar-refractivity contribution < 1.29 is 19.0 Å². The van der Waals surface area contributed by atoms with Gasteiger partial charge in [0.15, 0.2) is 0 Å². The van der Waals surface area contributed by atoms with Gasteiger partial charge in [-0.1, -0.05) is 30.3 Å². The summed E-state index contributed by atoms with van der Waals surface area (Å²) in [5.74, 6) is 1.42. The number of hydrogen-bond donors (Lipinski definition) is 0. The summed E-state index contributed by atoms with van der Waals surface area (Å²) in [5.41, 5.74) is 4.38. The molecule has 1 fully saturated rings. The fourth-order valence-electron chi connectivity index (χ4n) is 3.86. The van der Waals surface area contributed by atoms with E-state index in [1.54, 1.807) is 14.2 Å². The summed E-state index contributed by atoms with van der Waals surface area (Å²) in [6.07, 6.45) is 0. The van der Waals surface area contributed by atoms with Gasteiger partial charge in [0.1, 0.15) is 11.5 Å². The first kappa shape index (κ1) is 20.0. The van der Waals surface area contributed by atoms with E-state index in [1.807, 2.05) is 66.4 Å². The molecule has 2 aromatic carbocycles. The minimum atomic E-state index is 0.0270. The fraction of sp³-hybridized carbons (Fsp3) is 0.292. The van der Waals surface area contributed by atoms with E-state index in [9.17, 15) is 4.79 Å². The van der Waals surface area contributed by atoms with Crippen LogP contribution in [0, 0.1) is 6.92 Å². The van der Waals surface area contributed by atoms with E-state index in [0.717, 1.165) is 22.6 Å². The number of aromatic nitrogens is 1. The largest absolute Gasteiger partial charge is 0.497 e. The van der Waals surface area contributed by atoms with Gasteiger partial charge in [-0.3, -0.25) is 4.79 Å². The molecule has 156 valence electrons. The smallest absolute Gasteiger partial charge is 0.255 e. The van der Waals surface area contributed by atoms with Gasteiger partial charge in [0, 0.05) is 24.8 Å². The van der Waals surface area contributed by atoms with Crippen LogP contribution in [0.5, 0.6) is 11.5 Å². The van der Waals surface area contributed by atoms with E-state index >= 15 is 0 Å². The minimum Gasteiger partial charge on any atom is -0.497 e. The van der Waals surface area contributed by atoms with Gasteiger partial charge in [0.05, 0.1) is 44.4 Å². The van der Waals surface area contributed by atoms with Crippen LogP contribution in [-0.4, -0.2) is 55.9 Å². The number of ether oxygens (including phenoxy) is 3. The second-order valence-corrected chi connectivity index (χ2v) is 7.17. The van der Waals surface area contributed by atoms with Crippen molar-refractivity contribution in [3.8, 4) is 28.4 Å². The van der Waals surface area contributed by atoms with Crippen LogP contribution < -0.4 is 9.47 Å². The van der Waals surface area contributed by atoms with Crippen LogP contribution in [0.4, 0.5) is 0 Å². The van der Waals surface area contributed by atoms with Crippen LogP contribution in [0.15, 0.2) is 54.6 Å². The first-order valence-electron chi connectivity index (χ1n) is 10.0. The highest BCUT2D eigenvalue weighted by molar-refractivity contribution is 5.97. The molecule has 0 unspecified atom stereocenters. The van der Waals surface area contributed by atoms with Gasteiger partial charge in [0.25, 0.3) is 5.91 Å². The number of carbonyl (C=O) groups is 1. The lowest BCUT2D eigenvalue weighted by Gasteiger charge is -2.26. The van der Waals surface area contributed by atoms with E-state index in [2.05, 4.69) is 4.57 Å². The Morgan fingerprint density at radius 2 is 1.70 bits per heavy atom. The summed E-state index contributed by atoms with van der Waals surface area (Å²) in [7, 11) is 3.27. The molecule has 0 bridgehead atoms. The highest BCUT2D eigenvalue weighted by Crippen LogP contribution is 2.35. The normalized spacial score (nSPS) is 13.9. The third kappa shape index (κ3) is 3.66. The van der Waals surface area contributed by atoms with Crippen LogP contribution >= 0.6 is 0 Å². The Kier molecular flexibility index (Phi) is 5.77. The first-order valence-corrected chi connectivity index (χ1v) is 10.0. The Hall–Kier alpha value is -3.25. The molecule has 0 N–H and O–H groups in total. The van der Waals surface area contributed by atoms with Crippen molar-refractivity contribution in [3.63, 3.8) is 0 Å². The lowest BCUT2D eigenvalue weighted by Crippen LogP contribution is -2.40. The predicted octanol–water partition coefficient (Wildman–Crippen LogP) is 3.94. The third-order valence-electron chi connectivity index (χ3n) is 5.47. The number of hydrogen-bond acceptors (Lipinski definition) is 4. The van der Waals surface area contributed by atoms with Crippen LogP contribution in [0.1, 0.15) is 16.1 Å². The second-order valence-electron chi connectivity index (χ2n) is 7.17. The average Bonchev–Trinajstić information content (AvgIpc) is 3.16. The van der Waals surface area contributed by atoms with Crippen molar-refractivity contribution in [1.82, 2.24) is 9.47 Å². The number of nitrogens with zero attached hydrogens (tertiary/aromatic N) is 2. The van der Waals surface area contributed by atoms with Crippen molar-refractivity contribution in [1.29, 1.82) is 0 Å². The molecular formula is C24H26N2O4. The lowest BCUT2D eigenvalue weighted by atomic mass is 10.1. The lowest BCUT2D eigenvalue weighted by molar-refractivity contribution is 0.0302. The molecule has 1 aliphatic heterocycles. The number of methoxy groups -OCH3 is 2. The highest BCUT2D eigenvalue weighted by atomic mass is 16.5. The van der Waals surface area contributed by atoms with Crippen molar-refractivity contribution in [2.24, 2.45) is 0 Å². The van der Waals surface area contributed by atoms with Gasteiger partial charge in [-0.2, -0.15) is 0 Å². The summed E-state index contributed by atoms with van der Waals surface area (Å²) >= 11 is 0. The summed E-state index contributed by atoms with van der Waals surface area (Å²) in [5, 5.41) is 0. The molecule has 1 saturated heterocycles. The molecule has 1 aromatic heterocycles. The molecule has 3 aromatic rings. The van der Waals surface area contributed by atoms with E-state index in [0.29, 0.717) is 43.4 Å². The summed E-state index contributed by atoms with van der Waals surface area (Å²) in [4.78, 5) is 15.2. The van der Waals surface area contributed by atoms with E-state index < -0.39 is 0 Å². The maximum atomic E-state index is 13.3. The van der Waals surface area contributed by atoms with Crippen molar-refractivity contribution in [2.75, 3.05) is 40.5 Å². The Morgan fingerprint density at radius 3 is 2.37 bits per heavy atom. The second kappa shape index (κ2) is 8.63. The molecule has 6 nitrogen and oxygen atoms in total. The van der Waals surface area contributed by atoms with Crippen LogP contribution in [0.2, 0.25) is 0 Å². The summed E-state index contributed by atoms with van der Waals surface area (Å²) in [6, 6.07) is 17.8. The predicted molar refractivity (Wildman–Crippen MR) is 116 cm³/mol. The maximum absolute atomic E-state index is 13.3. The summed E-state index contributed by atoms with van der Waals surface area (Å²) < 4.78 is 18.5. The quantitative estimate of drug-likeness (QED) is 0.644. The molecule has 2 heterocycles. The van der Waals surface area contributed by atoms with Gasteiger partial charge in [-0.25, -0.2) is 0 Å². The van der Waals surface area contributed by atoms with Gasteiger partial charge in [-0.15, -0.1) is 0 Å². The van der Waals surface area contributed by atoms with E-state index in [1.165, 1.54) is 0 Å². The Bertz CT molecular complexity index is 1040. The van der Waals surface area contributed by atoms with Crippen molar-refractivity contribution in [2.45, 2.75) is 6.92 Å². The molecule has 6 heteroatoms. The molecular weight excluding hydrogens is 380 g/mol. The van der Waals surface area contributed by atoms with Gasteiger partial charge in [-0.05, 0) is 30.7 Å². The Morgan fingerprint density at radius 1 is 0.967 bits per heavy atom. The standard InChI is InChI=1S/C24H26N2O4/c1-17-20(24(27)25-11-13-30-14-12-25)16-22(18-7-5-4-6-8-18)26(17)21-10-9-19(28-2)15-23(21)29-3/h4-10,15-16H,11-14H2,1-3H3. The minimum absolute atomic E-state index is 0.0270. The highest BCUT2D eigenvalue weighted by Gasteiger charge is 2.26. The number of amides is 1. The van der Waals surface area contributed by atoms with Crippen molar-refractivity contribution in [3.05, 3.63) is 65.9 Å². The molecule has 0 aliphatic carbocycles. The van der Waals surface area contributed by atoms with Gasteiger partial charge >= 0.3 is 0 Å². The summed E-state index contributed by atoms with van der Waals surface area (Å²) in [6.45, 7) is 4.34. The first-order chi connectivity index (χ1) is 14.6. The molecule has 30 heavy (non-hydrogen) atoms. The van der Waals surface area contributed by atoms with Crippen LogP contribution in [-0.2, 0) is 4.74 Å². The molecule has 4 rings (SSSR count). The molecule has 0 atom stereocenters. The molecule has 1 amide bonds. The zero-order valence-electron chi connectivity index (χ0n) is 17.6. The van der Waals surface area contributed by atoms with E-state index in [4.69, 9.17) is 14.2 Å². The maximum Gasteiger partial charge on any atom is 0.255 e. The molecule has 1 aliphatic rings. The molecule has 0 saturated carbocycles. The third-order valence-corrected chi connectivity index (χ3v) is 5.47. The van der Waals surface area contributed by atoms with Crippen molar-refractivity contribution >= 4 is 5.91 Å².